The van der Waals surface area contributed by atoms with E-state index in [1.54, 1.807) is 0 Å². The number of esters is 1. The predicted octanol–water partition coefficient (Wildman–Crippen LogP) is 5.49. The number of hydrogen-bond acceptors (Lipinski definition) is 4. The van der Waals surface area contributed by atoms with Crippen LogP contribution < -0.4 is 10.6 Å². The molecule has 1 fully saturated rings. The molecular formula is C24H44N2O4. The Kier molecular flexibility index (Phi) is 14.2. The molecule has 0 spiro atoms. The summed E-state index contributed by atoms with van der Waals surface area (Å²) in [4.78, 5) is 34.6. The second-order valence-corrected chi connectivity index (χ2v) is 8.75. The Bertz CT molecular complexity index is 509. The quantitative estimate of drug-likeness (QED) is 0.173. The van der Waals surface area contributed by atoms with Gasteiger partial charge in [0.05, 0.1) is 6.61 Å². The van der Waals surface area contributed by atoms with E-state index in [2.05, 4.69) is 24.5 Å². The third kappa shape index (κ3) is 11.6. The summed E-state index contributed by atoms with van der Waals surface area (Å²) >= 11 is 0. The Balaban J connectivity index is 2.37. The molecule has 3 unspecified atom stereocenters. The van der Waals surface area contributed by atoms with Crippen LogP contribution in [0.1, 0.15) is 111 Å². The highest BCUT2D eigenvalue weighted by atomic mass is 16.5. The van der Waals surface area contributed by atoms with E-state index in [9.17, 15) is 14.4 Å². The van der Waals surface area contributed by atoms with E-state index in [1.807, 2.05) is 6.92 Å². The van der Waals surface area contributed by atoms with Crippen LogP contribution in [-0.2, 0) is 14.3 Å². The first-order valence-corrected chi connectivity index (χ1v) is 12.3. The molecule has 0 aromatic heterocycles. The SMILES string of the molecule is CCCCC(CCC1NC(=O)NC1=O)CC(CCC)CCCCCCC(=O)OCC. The van der Waals surface area contributed by atoms with Gasteiger partial charge in [-0.25, -0.2) is 4.79 Å². The van der Waals surface area contributed by atoms with Crippen LogP contribution in [0.15, 0.2) is 0 Å². The molecule has 3 amide bonds. The summed E-state index contributed by atoms with van der Waals surface area (Å²) in [6, 6.07) is -0.715. The lowest BCUT2D eigenvalue weighted by molar-refractivity contribution is -0.143. The number of urea groups is 1. The molecule has 30 heavy (non-hydrogen) atoms. The van der Waals surface area contributed by atoms with Crippen molar-refractivity contribution in [1.82, 2.24) is 10.6 Å². The molecule has 1 saturated heterocycles. The molecule has 0 saturated carbocycles. The van der Waals surface area contributed by atoms with E-state index in [1.165, 1.54) is 57.8 Å². The van der Waals surface area contributed by atoms with Crippen LogP contribution in [0, 0.1) is 11.8 Å². The van der Waals surface area contributed by atoms with Gasteiger partial charge in [-0.05, 0) is 44.4 Å². The summed E-state index contributed by atoms with van der Waals surface area (Å²) in [5.41, 5.74) is 0. The fraction of sp³-hybridized carbons (Fsp3) is 0.875. The van der Waals surface area contributed by atoms with E-state index in [4.69, 9.17) is 4.74 Å². The highest BCUT2D eigenvalue weighted by Crippen LogP contribution is 2.30. The van der Waals surface area contributed by atoms with Crippen molar-refractivity contribution in [2.75, 3.05) is 6.61 Å². The van der Waals surface area contributed by atoms with Gasteiger partial charge in [0.1, 0.15) is 6.04 Å². The Morgan fingerprint density at radius 2 is 1.60 bits per heavy atom. The molecule has 3 atom stereocenters. The topological polar surface area (TPSA) is 84.5 Å². The highest BCUT2D eigenvalue weighted by Gasteiger charge is 2.29. The summed E-state index contributed by atoms with van der Waals surface area (Å²) in [5, 5.41) is 5.07. The van der Waals surface area contributed by atoms with Crippen molar-refractivity contribution in [3.63, 3.8) is 0 Å². The summed E-state index contributed by atoms with van der Waals surface area (Å²) < 4.78 is 4.98. The molecule has 0 bridgehead atoms. The zero-order chi connectivity index (χ0) is 22.2. The molecule has 1 heterocycles. The summed E-state index contributed by atoms with van der Waals surface area (Å²) in [6.45, 7) is 6.79. The average molecular weight is 425 g/mol. The summed E-state index contributed by atoms with van der Waals surface area (Å²) in [7, 11) is 0. The first-order valence-electron chi connectivity index (χ1n) is 12.3. The minimum atomic E-state index is -0.359. The fourth-order valence-electron chi connectivity index (χ4n) is 4.49. The molecule has 0 aliphatic carbocycles. The monoisotopic (exact) mass is 424 g/mol. The van der Waals surface area contributed by atoms with E-state index in [0.29, 0.717) is 18.9 Å². The predicted molar refractivity (Wildman–Crippen MR) is 120 cm³/mol. The fourth-order valence-corrected chi connectivity index (χ4v) is 4.49. The van der Waals surface area contributed by atoms with Gasteiger partial charge in [-0.1, -0.05) is 71.6 Å². The maximum absolute atomic E-state index is 11.8. The largest absolute Gasteiger partial charge is 0.466 e. The van der Waals surface area contributed by atoms with Crippen molar-refractivity contribution in [2.45, 2.75) is 117 Å². The average Bonchev–Trinajstić information content (AvgIpc) is 3.03. The van der Waals surface area contributed by atoms with Crippen molar-refractivity contribution >= 4 is 17.9 Å². The smallest absolute Gasteiger partial charge is 0.322 e. The summed E-state index contributed by atoms with van der Waals surface area (Å²) in [5.74, 6) is 1.10. The molecule has 6 heteroatoms. The molecule has 6 nitrogen and oxygen atoms in total. The number of amides is 3. The maximum atomic E-state index is 11.8. The van der Waals surface area contributed by atoms with Gasteiger partial charge >= 0.3 is 12.0 Å². The maximum Gasteiger partial charge on any atom is 0.322 e. The lowest BCUT2D eigenvalue weighted by Gasteiger charge is -2.24. The number of ether oxygens (including phenoxy) is 1. The van der Waals surface area contributed by atoms with Gasteiger partial charge in [0.2, 0.25) is 0 Å². The van der Waals surface area contributed by atoms with Crippen LogP contribution in [0.25, 0.3) is 0 Å². The zero-order valence-electron chi connectivity index (χ0n) is 19.5. The van der Waals surface area contributed by atoms with Crippen molar-refractivity contribution in [1.29, 1.82) is 0 Å². The standard InChI is InChI=1S/C24H44N2O4/c1-4-7-13-20(16-17-21-23(28)26-24(29)25-21)18-19(12-5-2)14-10-8-9-11-15-22(27)30-6-3/h19-21H,4-18H2,1-3H3,(H2,25,26,28,29). The second-order valence-electron chi connectivity index (χ2n) is 8.75. The van der Waals surface area contributed by atoms with Gasteiger partial charge in [-0.15, -0.1) is 0 Å². The van der Waals surface area contributed by atoms with Crippen molar-refractivity contribution in [3.05, 3.63) is 0 Å². The summed E-state index contributed by atoms with van der Waals surface area (Å²) in [6.07, 6.45) is 15.2. The zero-order valence-corrected chi connectivity index (χ0v) is 19.5. The molecule has 0 radical (unpaired) electrons. The van der Waals surface area contributed by atoms with Crippen LogP contribution in [0.2, 0.25) is 0 Å². The minimum Gasteiger partial charge on any atom is -0.466 e. The van der Waals surface area contributed by atoms with Gasteiger partial charge in [-0.3, -0.25) is 14.9 Å². The third-order valence-electron chi connectivity index (χ3n) is 6.10. The Labute approximate surface area is 183 Å². The highest BCUT2D eigenvalue weighted by molar-refractivity contribution is 6.04. The molecule has 2 N–H and O–H groups in total. The Morgan fingerprint density at radius 3 is 2.23 bits per heavy atom. The number of imide groups is 1. The normalized spacial score (nSPS) is 18.0. The van der Waals surface area contributed by atoms with Crippen LogP contribution >= 0.6 is 0 Å². The van der Waals surface area contributed by atoms with E-state index >= 15 is 0 Å². The Hall–Kier alpha value is -1.59. The van der Waals surface area contributed by atoms with Crippen LogP contribution in [0.4, 0.5) is 4.79 Å². The van der Waals surface area contributed by atoms with Gasteiger partial charge in [-0.2, -0.15) is 0 Å². The lowest BCUT2D eigenvalue weighted by atomic mass is 9.82. The molecule has 1 aliphatic heterocycles. The Morgan fingerprint density at radius 1 is 0.900 bits per heavy atom. The number of rotatable bonds is 18. The van der Waals surface area contributed by atoms with E-state index in [0.717, 1.165) is 31.6 Å². The number of unbranched alkanes of at least 4 members (excludes halogenated alkanes) is 4. The first-order chi connectivity index (χ1) is 14.5. The number of carbonyl (C=O) groups is 3. The molecular weight excluding hydrogens is 380 g/mol. The van der Waals surface area contributed by atoms with E-state index in [-0.39, 0.29) is 23.9 Å². The van der Waals surface area contributed by atoms with Crippen LogP contribution in [-0.4, -0.2) is 30.6 Å². The third-order valence-corrected chi connectivity index (χ3v) is 6.10. The molecule has 0 aromatic carbocycles. The first kappa shape index (κ1) is 26.4. The van der Waals surface area contributed by atoms with Gasteiger partial charge in [0, 0.05) is 6.42 Å². The number of carbonyl (C=O) groups excluding carboxylic acids is 3. The van der Waals surface area contributed by atoms with Crippen molar-refractivity contribution in [2.24, 2.45) is 11.8 Å². The van der Waals surface area contributed by atoms with E-state index < -0.39 is 0 Å². The number of hydrogen-bond donors (Lipinski definition) is 2. The molecule has 0 aromatic rings. The van der Waals surface area contributed by atoms with Crippen LogP contribution in [0.5, 0.6) is 0 Å². The molecule has 174 valence electrons. The number of nitrogens with one attached hydrogen (secondary N) is 2. The molecule has 1 rings (SSSR count). The lowest BCUT2D eigenvalue weighted by Crippen LogP contribution is -2.29. The second kappa shape index (κ2) is 16.1. The van der Waals surface area contributed by atoms with Gasteiger partial charge in [0.15, 0.2) is 0 Å². The van der Waals surface area contributed by atoms with Crippen LogP contribution in [0.3, 0.4) is 0 Å². The minimum absolute atomic E-state index is 0.0766. The van der Waals surface area contributed by atoms with Gasteiger partial charge in [0.25, 0.3) is 5.91 Å². The molecule has 1 aliphatic rings. The van der Waals surface area contributed by atoms with Crippen molar-refractivity contribution < 1.29 is 19.1 Å². The van der Waals surface area contributed by atoms with Crippen molar-refractivity contribution in [3.8, 4) is 0 Å². The van der Waals surface area contributed by atoms with Gasteiger partial charge < -0.3 is 10.1 Å².